The van der Waals surface area contributed by atoms with Gasteiger partial charge in [-0.1, -0.05) is 60.3 Å². The lowest BCUT2D eigenvalue weighted by atomic mass is 9.97. The van der Waals surface area contributed by atoms with Gasteiger partial charge in [0.05, 0.1) is 11.1 Å². The summed E-state index contributed by atoms with van der Waals surface area (Å²) in [4.78, 5) is 34.9. The number of amides is 1. The number of aromatic nitrogens is 2. The molecule has 0 saturated carbocycles. The number of aromatic amines is 1. The van der Waals surface area contributed by atoms with Gasteiger partial charge >= 0.3 is 0 Å². The molecule has 2 heterocycles. The zero-order valence-electron chi connectivity index (χ0n) is 16.8. The molecule has 0 atom stereocenters. The molecular weight excluding hydrogens is 426 g/mol. The molecule has 4 aromatic rings. The average molecular weight is 448 g/mol. The van der Waals surface area contributed by atoms with E-state index in [2.05, 4.69) is 15.3 Å². The number of carbonyl (C=O) groups is 1. The monoisotopic (exact) mass is 447 g/mol. The number of anilines is 1. The second-order valence-electron chi connectivity index (χ2n) is 7.51. The Kier molecular flexibility index (Phi) is 5.61. The third kappa shape index (κ3) is 4.16. The van der Waals surface area contributed by atoms with Crippen LogP contribution in [0.1, 0.15) is 23.3 Å². The molecule has 2 N–H and O–H groups in total. The highest BCUT2D eigenvalue weighted by Crippen LogP contribution is 2.34. The van der Waals surface area contributed by atoms with Gasteiger partial charge in [0.15, 0.2) is 5.16 Å². The summed E-state index contributed by atoms with van der Waals surface area (Å²) in [7, 11) is 0. The first-order valence-electron chi connectivity index (χ1n) is 10.3. The number of para-hydroxylation sites is 1. The first-order valence-corrected chi connectivity index (χ1v) is 12.1. The number of rotatable bonds is 5. The zero-order valence-corrected chi connectivity index (χ0v) is 18.4. The Hall–Kier alpha value is -2.90. The third-order valence-corrected chi connectivity index (χ3v) is 7.49. The molecule has 2 aromatic carbocycles. The number of H-pyrrole nitrogens is 1. The van der Waals surface area contributed by atoms with E-state index >= 15 is 0 Å². The van der Waals surface area contributed by atoms with Crippen LogP contribution in [0.3, 0.4) is 0 Å². The predicted molar refractivity (Wildman–Crippen MR) is 128 cm³/mol. The first kappa shape index (κ1) is 20.0. The SMILES string of the molecule is O=C(CSc1nc2sc3c(c2c(=O)[nH]1)CCCC3)Nc1ccccc1-c1ccccc1. The highest BCUT2D eigenvalue weighted by atomic mass is 32.2. The van der Waals surface area contributed by atoms with Crippen molar-refractivity contribution in [1.82, 2.24) is 9.97 Å². The number of carbonyl (C=O) groups excluding carboxylic acids is 1. The minimum Gasteiger partial charge on any atom is -0.325 e. The molecule has 7 heteroatoms. The van der Waals surface area contributed by atoms with Crippen LogP contribution in [0.25, 0.3) is 21.3 Å². The lowest BCUT2D eigenvalue weighted by molar-refractivity contribution is -0.113. The number of fused-ring (bicyclic) bond motifs is 3. The van der Waals surface area contributed by atoms with Crippen LogP contribution in [-0.4, -0.2) is 21.6 Å². The van der Waals surface area contributed by atoms with Crippen LogP contribution in [0.4, 0.5) is 5.69 Å². The molecule has 1 aliphatic rings. The van der Waals surface area contributed by atoms with Gasteiger partial charge < -0.3 is 10.3 Å². The summed E-state index contributed by atoms with van der Waals surface area (Å²) in [6, 6.07) is 17.7. The Labute approximate surface area is 187 Å². The fourth-order valence-corrected chi connectivity index (χ4v) is 5.97. The van der Waals surface area contributed by atoms with E-state index in [1.807, 2.05) is 54.6 Å². The van der Waals surface area contributed by atoms with E-state index in [0.29, 0.717) is 5.16 Å². The van der Waals surface area contributed by atoms with Crippen LogP contribution in [0, 0.1) is 0 Å². The molecule has 2 aromatic heterocycles. The molecule has 1 amide bonds. The smallest absolute Gasteiger partial charge is 0.260 e. The second-order valence-corrected chi connectivity index (χ2v) is 9.56. The van der Waals surface area contributed by atoms with Crippen LogP contribution in [0.2, 0.25) is 0 Å². The number of thiophene rings is 1. The van der Waals surface area contributed by atoms with Crippen LogP contribution in [-0.2, 0) is 17.6 Å². The Morgan fingerprint density at radius 3 is 2.71 bits per heavy atom. The van der Waals surface area contributed by atoms with Gasteiger partial charge in [0.25, 0.3) is 5.56 Å². The molecule has 1 aliphatic carbocycles. The maximum Gasteiger partial charge on any atom is 0.260 e. The number of hydrogen-bond acceptors (Lipinski definition) is 5. The number of nitrogens with zero attached hydrogens (tertiary/aromatic N) is 1. The first-order chi connectivity index (χ1) is 15.2. The van der Waals surface area contributed by atoms with Crippen molar-refractivity contribution in [1.29, 1.82) is 0 Å². The molecule has 0 fully saturated rings. The fraction of sp³-hybridized carbons (Fsp3) is 0.208. The Balaban J connectivity index is 1.32. The molecule has 31 heavy (non-hydrogen) atoms. The Morgan fingerprint density at radius 2 is 1.84 bits per heavy atom. The molecule has 5 rings (SSSR count). The molecule has 0 unspecified atom stereocenters. The highest BCUT2D eigenvalue weighted by Gasteiger charge is 2.20. The summed E-state index contributed by atoms with van der Waals surface area (Å²) in [5.74, 6) is 0.0319. The largest absolute Gasteiger partial charge is 0.325 e. The number of aryl methyl sites for hydroxylation is 2. The quantitative estimate of drug-likeness (QED) is 0.323. The molecule has 0 spiro atoms. The number of nitrogens with one attached hydrogen (secondary N) is 2. The molecule has 0 radical (unpaired) electrons. The van der Waals surface area contributed by atoms with E-state index in [-0.39, 0.29) is 17.2 Å². The lowest BCUT2D eigenvalue weighted by Gasteiger charge is -2.11. The number of thioether (sulfide) groups is 1. The normalized spacial score (nSPS) is 13.2. The highest BCUT2D eigenvalue weighted by molar-refractivity contribution is 7.99. The summed E-state index contributed by atoms with van der Waals surface area (Å²) >= 11 is 2.87. The molecule has 5 nitrogen and oxygen atoms in total. The summed E-state index contributed by atoms with van der Waals surface area (Å²) in [5, 5.41) is 4.22. The van der Waals surface area contributed by atoms with Crippen LogP contribution < -0.4 is 10.9 Å². The van der Waals surface area contributed by atoms with Crippen LogP contribution in [0.5, 0.6) is 0 Å². The topological polar surface area (TPSA) is 74.8 Å². The van der Waals surface area contributed by atoms with Gasteiger partial charge in [0, 0.05) is 16.1 Å². The van der Waals surface area contributed by atoms with Gasteiger partial charge in [0.2, 0.25) is 5.91 Å². The van der Waals surface area contributed by atoms with Crippen LogP contribution in [0.15, 0.2) is 64.5 Å². The Bertz CT molecular complexity index is 1310. The van der Waals surface area contributed by atoms with Gasteiger partial charge in [-0.3, -0.25) is 9.59 Å². The summed E-state index contributed by atoms with van der Waals surface area (Å²) < 4.78 is 0. The zero-order chi connectivity index (χ0) is 21.2. The molecule has 156 valence electrons. The van der Waals surface area contributed by atoms with E-state index in [4.69, 9.17) is 0 Å². The van der Waals surface area contributed by atoms with E-state index < -0.39 is 0 Å². The molecule has 0 saturated heterocycles. The van der Waals surface area contributed by atoms with Crippen molar-refractivity contribution in [2.24, 2.45) is 0 Å². The van der Waals surface area contributed by atoms with Crippen molar-refractivity contribution >= 4 is 44.9 Å². The standard InChI is InChI=1S/C24H21N3O2S2/c28-20(25-18-12-6-4-10-16(18)15-8-2-1-3-9-15)14-30-24-26-22(29)21-17-11-5-7-13-19(17)31-23(21)27-24/h1-4,6,8-10,12H,5,7,11,13-14H2,(H,25,28)(H,26,27,29). The minimum atomic E-state index is -0.137. The predicted octanol–water partition coefficient (Wildman–Crippen LogP) is 5.26. The van der Waals surface area contributed by atoms with Gasteiger partial charge in [-0.25, -0.2) is 4.98 Å². The summed E-state index contributed by atoms with van der Waals surface area (Å²) in [6.07, 6.45) is 4.28. The maximum atomic E-state index is 12.7. The molecule has 0 bridgehead atoms. The maximum absolute atomic E-state index is 12.7. The minimum absolute atomic E-state index is 0.0956. The number of benzene rings is 2. The van der Waals surface area contributed by atoms with Crippen molar-refractivity contribution < 1.29 is 4.79 Å². The van der Waals surface area contributed by atoms with Gasteiger partial charge in [-0.2, -0.15) is 0 Å². The number of hydrogen-bond donors (Lipinski definition) is 2. The molecule has 0 aliphatic heterocycles. The van der Waals surface area contributed by atoms with Crippen LogP contribution >= 0.6 is 23.1 Å². The third-order valence-electron chi connectivity index (χ3n) is 5.43. The van der Waals surface area contributed by atoms with E-state index in [9.17, 15) is 9.59 Å². The van der Waals surface area contributed by atoms with Crippen molar-refractivity contribution in [3.8, 4) is 11.1 Å². The average Bonchev–Trinajstić information content (AvgIpc) is 3.17. The van der Waals surface area contributed by atoms with Gasteiger partial charge in [0.1, 0.15) is 4.83 Å². The Morgan fingerprint density at radius 1 is 1.06 bits per heavy atom. The van der Waals surface area contributed by atoms with E-state index in [0.717, 1.165) is 46.3 Å². The summed E-state index contributed by atoms with van der Waals surface area (Å²) in [6.45, 7) is 0. The van der Waals surface area contributed by atoms with Crippen molar-refractivity contribution in [2.45, 2.75) is 30.8 Å². The van der Waals surface area contributed by atoms with Crippen molar-refractivity contribution in [2.75, 3.05) is 11.1 Å². The van der Waals surface area contributed by atoms with Gasteiger partial charge in [-0.15, -0.1) is 11.3 Å². The summed E-state index contributed by atoms with van der Waals surface area (Å²) in [5.41, 5.74) is 3.86. The lowest BCUT2D eigenvalue weighted by Crippen LogP contribution is -2.16. The van der Waals surface area contributed by atoms with E-state index in [1.165, 1.54) is 28.6 Å². The molecular formula is C24H21N3O2S2. The van der Waals surface area contributed by atoms with Gasteiger partial charge in [-0.05, 0) is 42.9 Å². The fourth-order valence-electron chi connectivity index (χ4n) is 3.99. The van der Waals surface area contributed by atoms with Crippen molar-refractivity contribution in [3.63, 3.8) is 0 Å². The second kappa shape index (κ2) is 8.69. The van der Waals surface area contributed by atoms with E-state index in [1.54, 1.807) is 11.3 Å². The van der Waals surface area contributed by atoms with Crippen molar-refractivity contribution in [3.05, 3.63) is 75.4 Å².